The van der Waals surface area contributed by atoms with Crippen molar-refractivity contribution in [2.45, 2.75) is 18.8 Å². The van der Waals surface area contributed by atoms with Crippen molar-refractivity contribution in [3.8, 4) is 0 Å². The van der Waals surface area contributed by atoms with Crippen LogP contribution >= 0.6 is 11.6 Å². The highest BCUT2D eigenvalue weighted by Crippen LogP contribution is 2.28. The summed E-state index contributed by atoms with van der Waals surface area (Å²) in [6, 6.07) is 7.42. The monoisotopic (exact) mass is 302 g/mol. The zero-order valence-electron chi connectivity index (χ0n) is 11.8. The average molecular weight is 303 g/mol. The molecule has 2 heterocycles. The van der Waals surface area contributed by atoms with E-state index in [1.807, 2.05) is 35.8 Å². The number of carbonyl (C=O) groups is 1. The topological polar surface area (TPSA) is 59.8 Å². The van der Waals surface area contributed by atoms with Crippen molar-refractivity contribution in [1.82, 2.24) is 19.9 Å². The molecule has 0 saturated heterocycles. The molecule has 0 fully saturated rings. The molecule has 1 atom stereocenters. The summed E-state index contributed by atoms with van der Waals surface area (Å²) < 4.78 is 1.89. The third kappa shape index (κ3) is 2.14. The van der Waals surface area contributed by atoms with Crippen molar-refractivity contribution in [3.05, 3.63) is 36.3 Å². The quantitative estimate of drug-likeness (QED) is 0.757. The maximum Gasteiger partial charge on any atom is 0.242 e. The van der Waals surface area contributed by atoms with Crippen LogP contribution in [0.5, 0.6) is 0 Å². The number of para-hydroxylation sites is 1. The molecule has 0 bridgehead atoms. The number of fused-ring (bicyclic) bond motifs is 3. The van der Waals surface area contributed by atoms with E-state index in [4.69, 9.17) is 11.6 Å². The molecule has 108 valence electrons. The van der Waals surface area contributed by atoms with E-state index < -0.39 is 0 Å². The van der Waals surface area contributed by atoms with Gasteiger partial charge in [-0.3, -0.25) is 9.78 Å². The summed E-state index contributed by atoms with van der Waals surface area (Å²) in [6.45, 7) is 1.84. The van der Waals surface area contributed by atoms with Gasteiger partial charge >= 0.3 is 0 Å². The molecule has 0 saturated carbocycles. The van der Waals surface area contributed by atoms with Crippen molar-refractivity contribution >= 4 is 39.4 Å². The summed E-state index contributed by atoms with van der Waals surface area (Å²) in [4.78, 5) is 21.0. The van der Waals surface area contributed by atoms with Crippen molar-refractivity contribution in [3.63, 3.8) is 0 Å². The summed E-state index contributed by atoms with van der Waals surface area (Å²) in [6.07, 6.45) is 1.72. The lowest BCUT2D eigenvalue weighted by Gasteiger charge is -2.16. The molecule has 1 amide bonds. The second-order valence-electron chi connectivity index (χ2n) is 4.83. The van der Waals surface area contributed by atoms with Gasteiger partial charge in [0.05, 0.1) is 23.1 Å². The Morgan fingerprint density at radius 3 is 2.86 bits per heavy atom. The molecule has 5 nitrogen and oxygen atoms in total. The van der Waals surface area contributed by atoms with Crippen LogP contribution in [0.2, 0.25) is 0 Å². The maximum atomic E-state index is 12.0. The fourth-order valence-electron chi connectivity index (χ4n) is 2.61. The first-order valence-electron chi connectivity index (χ1n) is 6.69. The molecular formula is C15H15ClN4O. The zero-order chi connectivity index (χ0) is 15.0. The van der Waals surface area contributed by atoms with Gasteiger partial charge in [0.25, 0.3) is 0 Å². The van der Waals surface area contributed by atoms with Gasteiger partial charge in [0.2, 0.25) is 5.91 Å². The standard InChI is InChI=1S/C15H15ClN4O/c1-9(15(21)17-2)20-13(7-16)19-12-8-18-11-6-4-3-5-10(11)14(12)20/h3-6,8-9H,7H2,1-2H3,(H,17,21). The van der Waals surface area contributed by atoms with E-state index in [2.05, 4.69) is 15.3 Å². The molecule has 2 aromatic heterocycles. The van der Waals surface area contributed by atoms with Gasteiger partial charge < -0.3 is 9.88 Å². The number of rotatable bonds is 3. The first kappa shape index (κ1) is 13.8. The van der Waals surface area contributed by atoms with Crippen molar-refractivity contribution in [1.29, 1.82) is 0 Å². The van der Waals surface area contributed by atoms with Gasteiger partial charge in [0.15, 0.2) is 0 Å². The normalized spacial score (nSPS) is 12.7. The number of nitrogens with zero attached hydrogens (tertiary/aromatic N) is 3. The predicted octanol–water partition coefficient (Wildman–Crippen LogP) is 2.63. The smallest absolute Gasteiger partial charge is 0.242 e. The molecule has 0 aliphatic rings. The molecule has 0 aliphatic carbocycles. The second kappa shape index (κ2) is 5.33. The molecule has 1 unspecified atom stereocenters. The van der Waals surface area contributed by atoms with E-state index in [1.165, 1.54) is 0 Å². The minimum absolute atomic E-state index is 0.0819. The summed E-state index contributed by atoms with van der Waals surface area (Å²) >= 11 is 6.01. The number of aromatic nitrogens is 3. The molecule has 21 heavy (non-hydrogen) atoms. The summed E-state index contributed by atoms with van der Waals surface area (Å²) in [5.74, 6) is 0.826. The Morgan fingerprint density at radius 2 is 2.14 bits per heavy atom. The van der Waals surface area contributed by atoms with Gasteiger partial charge in [-0.15, -0.1) is 11.6 Å². The van der Waals surface area contributed by atoms with Crippen LogP contribution in [0.15, 0.2) is 30.5 Å². The molecule has 1 N–H and O–H groups in total. The average Bonchev–Trinajstić information content (AvgIpc) is 2.92. The lowest BCUT2D eigenvalue weighted by atomic mass is 10.2. The van der Waals surface area contributed by atoms with Crippen LogP contribution in [0.1, 0.15) is 18.8 Å². The Balaban J connectivity index is 2.39. The number of amides is 1. The van der Waals surface area contributed by atoms with E-state index in [0.29, 0.717) is 5.82 Å². The van der Waals surface area contributed by atoms with Crippen molar-refractivity contribution in [2.75, 3.05) is 7.05 Å². The number of nitrogens with one attached hydrogen (secondary N) is 1. The summed E-state index contributed by atoms with van der Waals surface area (Å²) in [5, 5.41) is 3.64. The molecule has 0 spiro atoms. The number of pyridine rings is 1. The number of hydrogen-bond acceptors (Lipinski definition) is 3. The number of carbonyl (C=O) groups excluding carboxylic acids is 1. The Morgan fingerprint density at radius 1 is 1.38 bits per heavy atom. The molecule has 3 rings (SSSR count). The number of halogens is 1. The lowest BCUT2D eigenvalue weighted by molar-refractivity contribution is -0.123. The van der Waals surface area contributed by atoms with Crippen molar-refractivity contribution in [2.24, 2.45) is 0 Å². The third-order valence-corrected chi connectivity index (χ3v) is 3.87. The Kier molecular flexibility index (Phi) is 3.51. The van der Waals surface area contributed by atoms with Crippen LogP contribution in [0.25, 0.3) is 21.9 Å². The fourth-order valence-corrected chi connectivity index (χ4v) is 2.80. The summed E-state index contributed by atoms with van der Waals surface area (Å²) in [7, 11) is 1.62. The minimum Gasteiger partial charge on any atom is -0.357 e. The first-order chi connectivity index (χ1) is 10.2. The van der Waals surface area contributed by atoms with Crippen LogP contribution < -0.4 is 5.32 Å². The Labute approximate surface area is 126 Å². The number of benzene rings is 1. The fraction of sp³-hybridized carbons (Fsp3) is 0.267. The van der Waals surface area contributed by atoms with Gasteiger partial charge in [0.1, 0.15) is 17.4 Å². The Bertz CT molecular complexity index is 827. The van der Waals surface area contributed by atoms with Gasteiger partial charge in [-0.05, 0) is 13.0 Å². The molecule has 0 aliphatic heterocycles. The van der Waals surface area contributed by atoms with Crippen LogP contribution in [-0.4, -0.2) is 27.5 Å². The number of hydrogen-bond donors (Lipinski definition) is 1. The highest BCUT2D eigenvalue weighted by atomic mass is 35.5. The van der Waals surface area contributed by atoms with Gasteiger partial charge in [0, 0.05) is 12.4 Å². The molecule has 3 aromatic rings. The van der Waals surface area contributed by atoms with E-state index in [-0.39, 0.29) is 17.8 Å². The summed E-state index contributed by atoms with van der Waals surface area (Å²) in [5.41, 5.74) is 2.52. The molecule has 1 aromatic carbocycles. The Hall–Kier alpha value is -2.14. The van der Waals surface area contributed by atoms with Gasteiger partial charge in [-0.1, -0.05) is 18.2 Å². The van der Waals surface area contributed by atoms with Crippen LogP contribution in [0.3, 0.4) is 0 Å². The number of likely N-dealkylation sites (N-methyl/N-ethyl adjacent to an activating group) is 1. The zero-order valence-corrected chi connectivity index (χ0v) is 12.6. The van der Waals surface area contributed by atoms with Crippen molar-refractivity contribution < 1.29 is 4.79 Å². The SMILES string of the molecule is CNC(=O)C(C)n1c(CCl)nc2cnc3ccccc3c21. The maximum absolute atomic E-state index is 12.0. The molecule has 0 radical (unpaired) electrons. The number of alkyl halides is 1. The van der Waals surface area contributed by atoms with Crippen LogP contribution in [-0.2, 0) is 10.7 Å². The van der Waals surface area contributed by atoms with Gasteiger partial charge in [-0.25, -0.2) is 4.98 Å². The largest absolute Gasteiger partial charge is 0.357 e. The van der Waals surface area contributed by atoms with E-state index >= 15 is 0 Å². The minimum atomic E-state index is -0.389. The third-order valence-electron chi connectivity index (χ3n) is 3.63. The van der Waals surface area contributed by atoms with E-state index in [0.717, 1.165) is 21.9 Å². The van der Waals surface area contributed by atoms with E-state index in [1.54, 1.807) is 13.2 Å². The second-order valence-corrected chi connectivity index (χ2v) is 5.10. The highest BCUT2D eigenvalue weighted by Gasteiger charge is 2.21. The molecular weight excluding hydrogens is 288 g/mol. The van der Waals surface area contributed by atoms with Gasteiger partial charge in [-0.2, -0.15) is 0 Å². The lowest BCUT2D eigenvalue weighted by Crippen LogP contribution is -2.28. The van der Waals surface area contributed by atoms with Crippen LogP contribution in [0, 0.1) is 0 Å². The highest BCUT2D eigenvalue weighted by molar-refractivity contribution is 6.17. The molecule has 6 heteroatoms. The van der Waals surface area contributed by atoms with Crippen LogP contribution in [0.4, 0.5) is 0 Å². The predicted molar refractivity (Wildman–Crippen MR) is 83.4 cm³/mol. The van der Waals surface area contributed by atoms with E-state index in [9.17, 15) is 4.79 Å². The number of imidazole rings is 1. The first-order valence-corrected chi connectivity index (χ1v) is 7.23.